The lowest BCUT2D eigenvalue weighted by molar-refractivity contribution is -0.144. The summed E-state index contributed by atoms with van der Waals surface area (Å²) in [6.45, 7) is 4.84. The number of aliphatic carboxylic acids is 1. The van der Waals surface area contributed by atoms with Gasteiger partial charge in [-0.15, -0.1) is 0 Å². The van der Waals surface area contributed by atoms with Crippen molar-refractivity contribution in [1.82, 2.24) is 20.4 Å². The number of hydrogen-bond donors (Lipinski definition) is 3. The average molecular weight is 286 g/mol. The quantitative estimate of drug-likeness (QED) is 0.597. The summed E-state index contributed by atoms with van der Waals surface area (Å²) in [5.41, 5.74) is 0. The fourth-order valence-corrected chi connectivity index (χ4v) is 1.77. The van der Waals surface area contributed by atoms with E-state index in [0.29, 0.717) is 19.1 Å². The molecule has 0 aromatic rings. The number of amides is 3. The van der Waals surface area contributed by atoms with Gasteiger partial charge in [-0.1, -0.05) is 0 Å². The number of piperazine rings is 1. The second-order valence-electron chi connectivity index (χ2n) is 5.09. The van der Waals surface area contributed by atoms with Crippen molar-refractivity contribution in [2.75, 3.05) is 33.2 Å². The monoisotopic (exact) mass is 286 g/mol. The summed E-state index contributed by atoms with van der Waals surface area (Å²) in [7, 11) is 1.94. The van der Waals surface area contributed by atoms with Crippen LogP contribution in [0.5, 0.6) is 0 Å². The van der Waals surface area contributed by atoms with Crippen molar-refractivity contribution in [1.29, 1.82) is 0 Å². The molecule has 1 fully saturated rings. The van der Waals surface area contributed by atoms with Crippen molar-refractivity contribution in [3.63, 3.8) is 0 Å². The molecule has 1 rings (SSSR count). The molecule has 0 spiro atoms. The first-order valence-electron chi connectivity index (χ1n) is 6.57. The smallest absolute Gasteiger partial charge is 0.328 e. The summed E-state index contributed by atoms with van der Waals surface area (Å²) in [6.07, 6.45) is 0. The Bertz CT molecular complexity index is 386. The molecule has 1 aliphatic rings. The van der Waals surface area contributed by atoms with E-state index in [1.165, 1.54) is 0 Å². The lowest BCUT2D eigenvalue weighted by Gasteiger charge is -2.33. The van der Waals surface area contributed by atoms with Crippen molar-refractivity contribution in [3.05, 3.63) is 0 Å². The maximum absolute atomic E-state index is 12.0. The van der Waals surface area contributed by atoms with Crippen LogP contribution in [0.4, 0.5) is 4.79 Å². The Labute approximate surface area is 118 Å². The topological polar surface area (TPSA) is 102 Å². The summed E-state index contributed by atoms with van der Waals surface area (Å²) in [5, 5.41) is 14.1. The number of carboxylic acids is 1. The van der Waals surface area contributed by atoms with Gasteiger partial charge in [-0.2, -0.15) is 0 Å². The summed E-state index contributed by atoms with van der Waals surface area (Å²) in [5.74, 6) is -1.48. The van der Waals surface area contributed by atoms with E-state index in [0.717, 1.165) is 4.90 Å². The number of carbonyl (C=O) groups is 3. The molecule has 0 saturated carbocycles. The van der Waals surface area contributed by atoms with Gasteiger partial charge in [0.15, 0.2) is 0 Å². The number of hydrogen-bond acceptors (Lipinski definition) is 4. The van der Waals surface area contributed by atoms with Crippen molar-refractivity contribution in [2.24, 2.45) is 0 Å². The summed E-state index contributed by atoms with van der Waals surface area (Å²) in [4.78, 5) is 37.4. The van der Waals surface area contributed by atoms with Crippen molar-refractivity contribution < 1.29 is 19.5 Å². The van der Waals surface area contributed by atoms with Gasteiger partial charge in [0.25, 0.3) is 0 Å². The molecule has 3 amide bonds. The first-order valence-corrected chi connectivity index (χ1v) is 6.57. The SMILES string of the molecule is CC(C)N(C)CCNC(=O)N1CC(=O)NCC1C(=O)O. The van der Waals surface area contributed by atoms with Crippen LogP contribution in [-0.2, 0) is 9.59 Å². The molecule has 1 saturated heterocycles. The maximum Gasteiger partial charge on any atom is 0.328 e. The second kappa shape index (κ2) is 7.09. The van der Waals surface area contributed by atoms with E-state index in [-0.39, 0.29) is 19.0 Å². The molecule has 1 heterocycles. The zero-order valence-corrected chi connectivity index (χ0v) is 12.0. The standard InChI is InChI=1S/C12H22N4O4/c1-8(2)15(3)5-4-13-12(20)16-7-10(17)14-6-9(16)11(18)19/h8-9H,4-7H2,1-3H3,(H,13,20)(H,14,17)(H,18,19). The molecule has 20 heavy (non-hydrogen) atoms. The molecule has 114 valence electrons. The van der Waals surface area contributed by atoms with Crippen molar-refractivity contribution >= 4 is 17.9 Å². The van der Waals surface area contributed by atoms with E-state index >= 15 is 0 Å². The molecule has 0 aromatic carbocycles. The lowest BCUT2D eigenvalue weighted by atomic mass is 10.2. The van der Waals surface area contributed by atoms with Gasteiger partial charge in [-0.05, 0) is 20.9 Å². The van der Waals surface area contributed by atoms with Gasteiger partial charge in [0.05, 0.1) is 0 Å². The third kappa shape index (κ3) is 4.37. The summed E-state index contributed by atoms with van der Waals surface area (Å²) in [6, 6.07) is -1.18. The highest BCUT2D eigenvalue weighted by Gasteiger charge is 2.35. The van der Waals surface area contributed by atoms with Gasteiger partial charge in [-0.25, -0.2) is 9.59 Å². The molecule has 1 aliphatic heterocycles. The molecule has 0 radical (unpaired) electrons. The molecule has 0 aromatic heterocycles. The Morgan fingerprint density at radius 3 is 2.75 bits per heavy atom. The lowest BCUT2D eigenvalue weighted by Crippen LogP contribution is -2.61. The van der Waals surface area contributed by atoms with Gasteiger partial charge in [0.2, 0.25) is 5.91 Å². The fraction of sp³-hybridized carbons (Fsp3) is 0.750. The summed E-state index contributed by atoms with van der Waals surface area (Å²) >= 11 is 0. The summed E-state index contributed by atoms with van der Waals surface area (Å²) < 4.78 is 0. The molecular weight excluding hydrogens is 264 g/mol. The van der Waals surface area contributed by atoms with Crippen LogP contribution in [0.3, 0.4) is 0 Å². The van der Waals surface area contributed by atoms with Crippen LogP contribution in [0, 0.1) is 0 Å². The van der Waals surface area contributed by atoms with E-state index in [4.69, 9.17) is 5.11 Å². The van der Waals surface area contributed by atoms with Crippen molar-refractivity contribution in [2.45, 2.75) is 25.9 Å². The van der Waals surface area contributed by atoms with Crippen LogP contribution in [0.2, 0.25) is 0 Å². The van der Waals surface area contributed by atoms with E-state index in [1.807, 2.05) is 20.9 Å². The van der Waals surface area contributed by atoms with E-state index in [9.17, 15) is 14.4 Å². The fourth-order valence-electron chi connectivity index (χ4n) is 1.77. The third-order valence-corrected chi connectivity index (χ3v) is 3.35. The molecule has 1 unspecified atom stereocenters. The van der Waals surface area contributed by atoms with Crippen LogP contribution in [0.25, 0.3) is 0 Å². The molecular formula is C12H22N4O4. The number of carbonyl (C=O) groups excluding carboxylic acids is 2. The molecule has 0 bridgehead atoms. The largest absolute Gasteiger partial charge is 0.480 e. The number of urea groups is 1. The molecule has 8 nitrogen and oxygen atoms in total. The number of rotatable bonds is 5. The first kappa shape index (κ1) is 16.2. The van der Waals surface area contributed by atoms with E-state index in [2.05, 4.69) is 15.5 Å². The molecule has 3 N–H and O–H groups in total. The Morgan fingerprint density at radius 2 is 2.20 bits per heavy atom. The van der Waals surface area contributed by atoms with Crippen LogP contribution in [-0.4, -0.2) is 78.1 Å². The highest BCUT2D eigenvalue weighted by molar-refractivity contribution is 5.90. The Balaban J connectivity index is 2.51. The zero-order chi connectivity index (χ0) is 15.3. The van der Waals surface area contributed by atoms with Gasteiger partial charge in [0.1, 0.15) is 12.6 Å². The minimum Gasteiger partial charge on any atom is -0.480 e. The number of nitrogens with one attached hydrogen (secondary N) is 2. The number of likely N-dealkylation sites (N-methyl/N-ethyl adjacent to an activating group) is 1. The predicted octanol–water partition coefficient (Wildman–Crippen LogP) is -1.08. The zero-order valence-electron chi connectivity index (χ0n) is 12.0. The van der Waals surface area contributed by atoms with Crippen LogP contribution < -0.4 is 10.6 Å². The van der Waals surface area contributed by atoms with Gasteiger partial charge >= 0.3 is 12.0 Å². The molecule has 8 heteroatoms. The van der Waals surface area contributed by atoms with Crippen LogP contribution in [0.1, 0.15) is 13.8 Å². The van der Waals surface area contributed by atoms with Crippen LogP contribution in [0.15, 0.2) is 0 Å². The molecule has 1 atom stereocenters. The van der Waals surface area contributed by atoms with E-state index < -0.39 is 18.0 Å². The Kier molecular flexibility index (Phi) is 5.75. The minimum absolute atomic E-state index is 0.0620. The number of nitrogens with zero attached hydrogens (tertiary/aromatic N) is 2. The number of carboxylic acid groups (broad SMARTS) is 1. The normalized spacial score (nSPS) is 19.1. The van der Waals surface area contributed by atoms with Crippen LogP contribution >= 0.6 is 0 Å². The predicted molar refractivity (Wildman–Crippen MR) is 72.3 cm³/mol. The van der Waals surface area contributed by atoms with Gasteiger partial charge < -0.3 is 20.6 Å². The Hall–Kier alpha value is -1.83. The minimum atomic E-state index is -1.13. The third-order valence-electron chi connectivity index (χ3n) is 3.35. The van der Waals surface area contributed by atoms with Gasteiger partial charge in [-0.3, -0.25) is 9.69 Å². The molecule has 0 aliphatic carbocycles. The first-order chi connectivity index (χ1) is 9.32. The van der Waals surface area contributed by atoms with E-state index in [1.54, 1.807) is 0 Å². The Morgan fingerprint density at radius 1 is 1.55 bits per heavy atom. The average Bonchev–Trinajstić information content (AvgIpc) is 2.37. The van der Waals surface area contributed by atoms with Gasteiger partial charge in [0, 0.05) is 25.7 Å². The highest BCUT2D eigenvalue weighted by Crippen LogP contribution is 2.04. The second-order valence-corrected chi connectivity index (χ2v) is 5.09. The highest BCUT2D eigenvalue weighted by atomic mass is 16.4. The van der Waals surface area contributed by atoms with Crippen molar-refractivity contribution in [3.8, 4) is 0 Å². The maximum atomic E-state index is 12.0.